The zero-order valence-electron chi connectivity index (χ0n) is 15.8. The molecule has 0 aliphatic heterocycles. The molecule has 0 saturated heterocycles. The van der Waals surface area contributed by atoms with E-state index >= 15 is 0 Å². The zero-order chi connectivity index (χ0) is 19.6. The van der Waals surface area contributed by atoms with E-state index < -0.39 is 0 Å². The first-order valence-electron chi connectivity index (χ1n) is 8.65. The summed E-state index contributed by atoms with van der Waals surface area (Å²) in [5.41, 5.74) is 1.77. The topological polar surface area (TPSA) is 62.8 Å². The summed E-state index contributed by atoms with van der Waals surface area (Å²) in [4.78, 5) is 14.1. The highest BCUT2D eigenvalue weighted by molar-refractivity contribution is 7.80. The highest BCUT2D eigenvalue weighted by Crippen LogP contribution is 2.16. The highest BCUT2D eigenvalue weighted by Gasteiger charge is 2.13. The Morgan fingerprint density at radius 2 is 1.78 bits per heavy atom. The number of benzene rings is 2. The summed E-state index contributed by atoms with van der Waals surface area (Å²) < 4.78 is 10.3. The number of ether oxygens (including phenoxy) is 2. The van der Waals surface area contributed by atoms with Gasteiger partial charge in [-0.2, -0.15) is 0 Å². The van der Waals surface area contributed by atoms with Gasteiger partial charge < -0.3 is 25.0 Å². The van der Waals surface area contributed by atoms with Crippen LogP contribution < -0.4 is 20.1 Å². The lowest BCUT2D eigenvalue weighted by molar-refractivity contribution is -0.116. The van der Waals surface area contributed by atoms with E-state index in [-0.39, 0.29) is 12.5 Å². The molecule has 2 N–H and O–H groups in total. The molecule has 0 saturated carbocycles. The van der Waals surface area contributed by atoms with Gasteiger partial charge in [-0.05, 0) is 49.0 Å². The first-order chi connectivity index (χ1) is 13.0. The maximum Gasteiger partial charge on any atom is 0.243 e. The second kappa shape index (κ2) is 10.4. The highest BCUT2D eigenvalue weighted by atomic mass is 32.1. The first kappa shape index (κ1) is 20.5. The number of nitrogens with zero attached hydrogens (tertiary/aromatic N) is 1. The van der Waals surface area contributed by atoms with Crippen molar-refractivity contribution in [2.24, 2.45) is 0 Å². The van der Waals surface area contributed by atoms with E-state index in [2.05, 4.69) is 10.6 Å². The monoisotopic (exact) mass is 387 g/mol. The van der Waals surface area contributed by atoms with E-state index in [1.807, 2.05) is 54.3 Å². The fraction of sp³-hybridized carbons (Fsp3) is 0.300. The Bertz CT molecular complexity index is 765. The van der Waals surface area contributed by atoms with Crippen LogP contribution in [-0.2, 0) is 11.3 Å². The molecule has 6 nitrogen and oxygen atoms in total. The van der Waals surface area contributed by atoms with Gasteiger partial charge in [0.25, 0.3) is 0 Å². The van der Waals surface area contributed by atoms with Crippen molar-refractivity contribution in [3.63, 3.8) is 0 Å². The Balaban J connectivity index is 1.86. The van der Waals surface area contributed by atoms with Gasteiger partial charge in [-0.3, -0.25) is 4.79 Å². The molecule has 2 rings (SSSR count). The molecule has 0 radical (unpaired) electrons. The summed E-state index contributed by atoms with van der Waals surface area (Å²) in [6.07, 6.45) is 0. The second-order valence-electron chi connectivity index (χ2n) is 5.80. The normalized spacial score (nSPS) is 10.0. The van der Waals surface area contributed by atoms with Crippen molar-refractivity contribution in [2.75, 3.05) is 32.6 Å². The molecule has 0 bridgehead atoms. The molecule has 2 aromatic carbocycles. The zero-order valence-corrected chi connectivity index (χ0v) is 16.6. The Morgan fingerprint density at radius 3 is 2.41 bits per heavy atom. The van der Waals surface area contributed by atoms with Crippen LogP contribution in [0.3, 0.4) is 0 Å². The van der Waals surface area contributed by atoms with E-state index in [1.54, 1.807) is 20.3 Å². The Labute approximate surface area is 165 Å². The Morgan fingerprint density at radius 1 is 1.07 bits per heavy atom. The van der Waals surface area contributed by atoms with Crippen LogP contribution in [0.25, 0.3) is 0 Å². The third kappa shape index (κ3) is 6.45. The minimum Gasteiger partial charge on any atom is -0.497 e. The molecule has 0 spiro atoms. The van der Waals surface area contributed by atoms with Crippen molar-refractivity contribution >= 4 is 28.9 Å². The van der Waals surface area contributed by atoms with Crippen LogP contribution in [0.4, 0.5) is 5.69 Å². The number of amides is 1. The van der Waals surface area contributed by atoms with Crippen LogP contribution in [0.5, 0.6) is 11.5 Å². The number of nitrogens with one attached hydrogen (secondary N) is 2. The van der Waals surface area contributed by atoms with Crippen molar-refractivity contribution in [1.29, 1.82) is 0 Å². The maximum atomic E-state index is 12.3. The van der Waals surface area contributed by atoms with Crippen LogP contribution in [0.15, 0.2) is 48.5 Å². The number of rotatable bonds is 8. The minimum absolute atomic E-state index is 0.140. The number of carbonyl (C=O) groups excluding carboxylic acids is 1. The third-order valence-corrected chi connectivity index (χ3v) is 4.36. The third-order valence-electron chi connectivity index (χ3n) is 3.96. The molecule has 27 heavy (non-hydrogen) atoms. The Kier molecular flexibility index (Phi) is 7.88. The summed E-state index contributed by atoms with van der Waals surface area (Å²) >= 11 is 5.44. The molecule has 0 fully saturated rings. The molecule has 1 amide bonds. The van der Waals surface area contributed by atoms with Gasteiger partial charge in [0.1, 0.15) is 11.5 Å². The fourth-order valence-corrected chi connectivity index (χ4v) is 2.70. The molecule has 0 aliphatic rings. The van der Waals surface area contributed by atoms with E-state index in [4.69, 9.17) is 21.7 Å². The van der Waals surface area contributed by atoms with Crippen molar-refractivity contribution in [3.05, 3.63) is 54.1 Å². The standard InChI is InChI=1S/C20H25N3O3S/c1-4-23(14-19(24)22-16-6-5-7-18(12-16)26-3)20(27)21-13-15-8-10-17(25-2)11-9-15/h5-12H,4,13-14H2,1-3H3,(H,21,27)(H,22,24). The van der Waals surface area contributed by atoms with Crippen LogP contribution in [-0.4, -0.2) is 43.2 Å². The lowest BCUT2D eigenvalue weighted by Crippen LogP contribution is -2.43. The first-order valence-corrected chi connectivity index (χ1v) is 9.06. The van der Waals surface area contributed by atoms with Crippen LogP contribution in [0.1, 0.15) is 12.5 Å². The number of likely N-dealkylation sites (N-methyl/N-ethyl adjacent to an activating group) is 1. The van der Waals surface area contributed by atoms with Crippen LogP contribution >= 0.6 is 12.2 Å². The molecule has 2 aromatic rings. The molecule has 0 aromatic heterocycles. The van der Waals surface area contributed by atoms with Gasteiger partial charge >= 0.3 is 0 Å². The van der Waals surface area contributed by atoms with Crippen molar-refractivity contribution < 1.29 is 14.3 Å². The minimum atomic E-state index is -0.140. The van der Waals surface area contributed by atoms with Crippen molar-refractivity contribution in [2.45, 2.75) is 13.5 Å². The van der Waals surface area contributed by atoms with Gasteiger partial charge in [0, 0.05) is 24.8 Å². The summed E-state index contributed by atoms with van der Waals surface area (Å²) in [5, 5.41) is 6.59. The van der Waals surface area contributed by atoms with Gasteiger partial charge in [0.2, 0.25) is 5.91 Å². The molecular formula is C20H25N3O3S. The summed E-state index contributed by atoms with van der Waals surface area (Å²) in [6, 6.07) is 15.0. The van der Waals surface area contributed by atoms with E-state index in [9.17, 15) is 4.79 Å². The molecular weight excluding hydrogens is 362 g/mol. The molecule has 0 unspecified atom stereocenters. The van der Waals surface area contributed by atoms with Crippen molar-refractivity contribution in [1.82, 2.24) is 10.2 Å². The largest absolute Gasteiger partial charge is 0.497 e. The molecule has 144 valence electrons. The SMILES string of the molecule is CCN(CC(=O)Nc1cccc(OC)c1)C(=S)NCc1ccc(OC)cc1. The number of methoxy groups -OCH3 is 2. The van der Waals surface area contributed by atoms with Gasteiger partial charge in [-0.1, -0.05) is 18.2 Å². The van der Waals surface area contributed by atoms with Gasteiger partial charge in [-0.25, -0.2) is 0 Å². The van der Waals surface area contributed by atoms with E-state index in [0.717, 1.165) is 11.3 Å². The summed E-state index contributed by atoms with van der Waals surface area (Å²) in [5.74, 6) is 1.36. The van der Waals surface area contributed by atoms with Crippen LogP contribution in [0.2, 0.25) is 0 Å². The van der Waals surface area contributed by atoms with Gasteiger partial charge in [0.05, 0.1) is 20.8 Å². The summed E-state index contributed by atoms with van der Waals surface area (Å²) in [7, 11) is 3.23. The average molecular weight is 388 g/mol. The molecule has 0 atom stereocenters. The Hall–Kier alpha value is -2.80. The smallest absolute Gasteiger partial charge is 0.243 e. The quantitative estimate of drug-likeness (QED) is 0.679. The number of anilines is 1. The lowest BCUT2D eigenvalue weighted by atomic mass is 10.2. The van der Waals surface area contributed by atoms with E-state index in [0.29, 0.717) is 29.6 Å². The van der Waals surface area contributed by atoms with Crippen LogP contribution in [0, 0.1) is 0 Å². The van der Waals surface area contributed by atoms with Gasteiger partial charge in [-0.15, -0.1) is 0 Å². The molecule has 0 heterocycles. The maximum absolute atomic E-state index is 12.3. The average Bonchev–Trinajstić information content (AvgIpc) is 2.70. The fourth-order valence-electron chi connectivity index (χ4n) is 2.43. The van der Waals surface area contributed by atoms with E-state index in [1.165, 1.54) is 0 Å². The van der Waals surface area contributed by atoms with Gasteiger partial charge in [0.15, 0.2) is 5.11 Å². The lowest BCUT2D eigenvalue weighted by Gasteiger charge is -2.24. The van der Waals surface area contributed by atoms with Crippen molar-refractivity contribution in [3.8, 4) is 11.5 Å². The number of hydrogen-bond donors (Lipinski definition) is 2. The number of thiocarbonyl (C=S) groups is 1. The number of carbonyl (C=O) groups is 1. The predicted molar refractivity (Wildman–Crippen MR) is 111 cm³/mol. The summed E-state index contributed by atoms with van der Waals surface area (Å²) in [6.45, 7) is 3.33. The molecule has 0 aliphatic carbocycles. The number of hydrogen-bond acceptors (Lipinski definition) is 4. The second-order valence-corrected chi connectivity index (χ2v) is 6.19. The predicted octanol–water partition coefficient (Wildman–Crippen LogP) is 3.04. The molecule has 7 heteroatoms.